The second kappa shape index (κ2) is 16.7. The topological polar surface area (TPSA) is 6.48 Å². The second-order valence-electron chi connectivity index (χ2n) is 23.2. The molecule has 0 amide bonds. The summed E-state index contributed by atoms with van der Waals surface area (Å²) in [4.78, 5) is 5.11. The molecule has 12 aromatic rings. The van der Waals surface area contributed by atoms with E-state index >= 15 is 0 Å². The summed E-state index contributed by atoms with van der Waals surface area (Å²) >= 11 is 0. The number of hydrogen-bond acceptors (Lipinski definition) is 2. The zero-order valence-corrected chi connectivity index (χ0v) is 46.5. The third-order valence-corrected chi connectivity index (χ3v) is 25.1. The van der Waals surface area contributed by atoms with Gasteiger partial charge in [0.15, 0.2) is 0 Å². The Morgan fingerprint density at radius 1 is 0.299 bits per heavy atom. The van der Waals surface area contributed by atoms with Crippen LogP contribution < -0.4 is 30.5 Å². The van der Waals surface area contributed by atoms with Gasteiger partial charge in [-0.3, -0.25) is 0 Å². The van der Waals surface area contributed by atoms with Gasteiger partial charge in [0.1, 0.15) is 16.1 Å². The monoisotopic (exact) mass is 1020 g/mol. The lowest BCUT2D eigenvalue weighted by atomic mass is 9.80. The molecule has 4 heteroatoms. The van der Waals surface area contributed by atoms with E-state index in [-0.39, 0.29) is 5.41 Å². The number of rotatable bonds is 5. The highest BCUT2D eigenvalue weighted by molar-refractivity contribution is 7.03. The lowest BCUT2D eigenvalue weighted by Gasteiger charge is -2.41. The fourth-order valence-corrected chi connectivity index (χ4v) is 20.2. The molecule has 0 aromatic heterocycles. The van der Waals surface area contributed by atoms with E-state index in [4.69, 9.17) is 0 Å². The molecule has 0 unspecified atom stereocenters. The standard InChI is InChI=1S/C73H58N2Si2/c1-73(2)61-28-10-9-26-55(61)56-40-37-50(44-62(56)73)72-58-42-39-51(74-63-29-11-15-33-67(63)76(3,4)68-34-16-12-30-64(68)74)45-59(58)71(49-24-19-23-48(43-49)54-27-20-22-47-21-7-8-25-53(47)54)57-41-38-52(46-60(57)72)75-65-31-13-17-35-69(65)77(5,6)70-36-18-14-32-66(70)75/h7-46H,1-6H3. The third kappa shape index (κ3) is 6.65. The zero-order valence-electron chi connectivity index (χ0n) is 44.5. The minimum atomic E-state index is -2.03. The Kier molecular flexibility index (Phi) is 9.95. The van der Waals surface area contributed by atoms with E-state index in [9.17, 15) is 0 Å². The zero-order chi connectivity index (χ0) is 52.0. The van der Waals surface area contributed by atoms with Crippen molar-refractivity contribution in [3.8, 4) is 44.5 Å². The van der Waals surface area contributed by atoms with Crippen LogP contribution in [0.4, 0.5) is 34.1 Å². The predicted octanol–water partition coefficient (Wildman–Crippen LogP) is 17.7. The molecule has 2 nitrogen and oxygen atoms in total. The van der Waals surface area contributed by atoms with Crippen molar-refractivity contribution in [3.63, 3.8) is 0 Å². The van der Waals surface area contributed by atoms with Crippen molar-refractivity contribution in [2.24, 2.45) is 0 Å². The molecule has 1 aliphatic carbocycles. The van der Waals surface area contributed by atoms with Crippen molar-refractivity contribution in [2.45, 2.75) is 45.5 Å². The molecule has 12 aromatic carbocycles. The third-order valence-electron chi connectivity index (χ3n) is 18.0. The van der Waals surface area contributed by atoms with E-state index in [1.54, 1.807) is 0 Å². The van der Waals surface area contributed by atoms with Gasteiger partial charge in [-0.2, -0.15) is 0 Å². The Labute approximate surface area is 454 Å². The molecule has 0 bridgehead atoms. The normalized spacial score (nSPS) is 15.1. The molecule has 15 rings (SSSR count). The maximum absolute atomic E-state index is 2.55. The first-order valence-electron chi connectivity index (χ1n) is 27.3. The number of hydrogen-bond donors (Lipinski definition) is 0. The second-order valence-corrected chi connectivity index (χ2v) is 31.9. The van der Waals surface area contributed by atoms with Crippen LogP contribution in [0.3, 0.4) is 0 Å². The summed E-state index contributed by atoms with van der Waals surface area (Å²) in [5.41, 5.74) is 20.1. The van der Waals surface area contributed by atoms with E-state index in [0.29, 0.717) is 0 Å². The number of benzene rings is 12. The lowest BCUT2D eigenvalue weighted by molar-refractivity contribution is 0.660. The van der Waals surface area contributed by atoms with E-state index in [0.717, 1.165) is 11.4 Å². The van der Waals surface area contributed by atoms with Crippen molar-refractivity contribution in [1.82, 2.24) is 0 Å². The minimum absolute atomic E-state index is 0.169. The van der Waals surface area contributed by atoms with Crippen molar-refractivity contribution >= 4 is 103 Å². The molecule has 0 N–H and O–H groups in total. The molecule has 0 fully saturated rings. The first-order chi connectivity index (χ1) is 37.5. The average molecular weight is 1020 g/mol. The summed E-state index contributed by atoms with van der Waals surface area (Å²) in [6.45, 7) is 14.9. The van der Waals surface area contributed by atoms with Crippen LogP contribution in [0, 0.1) is 0 Å². The molecular formula is C73H58N2Si2. The van der Waals surface area contributed by atoms with Crippen LogP contribution in [0.5, 0.6) is 0 Å². The van der Waals surface area contributed by atoms with E-state index in [2.05, 4.69) is 292 Å². The van der Waals surface area contributed by atoms with Gasteiger partial charge in [-0.1, -0.05) is 222 Å². The van der Waals surface area contributed by atoms with E-state index < -0.39 is 16.1 Å². The van der Waals surface area contributed by atoms with E-state index in [1.165, 1.54) is 131 Å². The number of fused-ring (bicyclic) bond motifs is 10. The van der Waals surface area contributed by atoms with Gasteiger partial charge in [0.2, 0.25) is 0 Å². The number of para-hydroxylation sites is 4. The highest BCUT2D eigenvalue weighted by Crippen LogP contribution is 2.53. The molecule has 0 saturated carbocycles. The van der Waals surface area contributed by atoms with Gasteiger partial charge >= 0.3 is 0 Å². The fourth-order valence-electron chi connectivity index (χ4n) is 14.2. The summed E-state index contributed by atoms with van der Waals surface area (Å²) < 4.78 is 0. The summed E-state index contributed by atoms with van der Waals surface area (Å²) in [6.07, 6.45) is 0. The van der Waals surface area contributed by atoms with Crippen LogP contribution in [0.25, 0.3) is 76.8 Å². The molecule has 0 atom stereocenters. The van der Waals surface area contributed by atoms with Crippen molar-refractivity contribution in [3.05, 3.63) is 254 Å². The van der Waals surface area contributed by atoms with Crippen molar-refractivity contribution < 1.29 is 0 Å². The summed E-state index contributed by atoms with van der Waals surface area (Å²) in [5.74, 6) is 0. The van der Waals surface area contributed by atoms with Crippen LogP contribution in [-0.4, -0.2) is 16.1 Å². The maximum atomic E-state index is 2.55. The van der Waals surface area contributed by atoms with Gasteiger partial charge in [0.25, 0.3) is 0 Å². The Bertz CT molecular complexity index is 4360. The Hall–Kier alpha value is -8.55. The maximum Gasteiger partial charge on any atom is 0.117 e. The van der Waals surface area contributed by atoms with Gasteiger partial charge in [-0.15, -0.1) is 0 Å². The quantitative estimate of drug-likeness (QED) is 0.125. The molecule has 2 heterocycles. The van der Waals surface area contributed by atoms with Crippen LogP contribution in [0.1, 0.15) is 25.0 Å². The van der Waals surface area contributed by atoms with Crippen molar-refractivity contribution in [2.75, 3.05) is 9.80 Å². The summed E-state index contributed by atoms with van der Waals surface area (Å²) in [7, 11) is -4.06. The minimum Gasteiger partial charge on any atom is -0.311 e. The Morgan fingerprint density at radius 3 is 1.30 bits per heavy atom. The molecule has 2 aliphatic heterocycles. The fraction of sp³-hybridized carbons (Fsp3) is 0.0959. The van der Waals surface area contributed by atoms with Crippen LogP contribution in [0.2, 0.25) is 26.2 Å². The molecule has 0 saturated heterocycles. The van der Waals surface area contributed by atoms with Gasteiger partial charge in [0, 0.05) is 39.5 Å². The Morgan fingerprint density at radius 2 is 0.727 bits per heavy atom. The highest BCUT2D eigenvalue weighted by atomic mass is 28.3. The molecule has 77 heavy (non-hydrogen) atoms. The summed E-state index contributed by atoms with van der Waals surface area (Å²) in [6, 6.07) is 92.7. The molecule has 0 radical (unpaired) electrons. The molecule has 3 aliphatic rings. The average Bonchev–Trinajstić information content (AvgIpc) is 3.87. The highest BCUT2D eigenvalue weighted by Gasteiger charge is 2.41. The SMILES string of the molecule is CC1(C)c2ccccc2-c2ccc(-c3c4ccc(N5c6ccccc6[Si](C)(C)c6ccccc65)cc4c(-c4cccc(-c5cccc6ccccc56)c4)c4ccc(N5c6ccccc6[Si](C)(C)c6ccccc65)cc34)cc21. The molecule has 368 valence electrons. The van der Waals surface area contributed by atoms with E-state index in [1.807, 2.05) is 0 Å². The van der Waals surface area contributed by atoms with Gasteiger partial charge in [0.05, 0.1) is 0 Å². The largest absolute Gasteiger partial charge is 0.311 e. The lowest BCUT2D eigenvalue weighted by Crippen LogP contribution is -2.58. The smallest absolute Gasteiger partial charge is 0.117 e. The molecule has 0 spiro atoms. The first-order valence-corrected chi connectivity index (χ1v) is 33.3. The van der Waals surface area contributed by atoms with Gasteiger partial charge in [-0.25, -0.2) is 0 Å². The number of nitrogens with zero attached hydrogens (tertiary/aromatic N) is 2. The first kappa shape index (κ1) is 45.8. The number of anilines is 6. The van der Waals surface area contributed by atoms with Crippen LogP contribution in [0.15, 0.2) is 243 Å². The van der Waals surface area contributed by atoms with Crippen LogP contribution in [-0.2, 0) is 5.41 Å². The van der Waals surface area contributed by atoms with Crippen molar-refractivity contribution in [1.29, 1.82) is 0 Å². The van der Waals surface area contributed by atoms with Gasteiger partial charge in [-0.05, 0) is 169 Å². The van der Waals surface area contributed by atoms with Crippen LogP contribution >= 0.6 is 0 Å². The predicted molar refractivity (Wildman–Crippen MR) is 336 cm³/mol. The van der Waals surface area contributed by atoms with Gasteiger partial charge < -0.3 is 9.80 Å². The Balaban J connectivity index is 1.06. The molecular weight excluding hydrogens is 961 g/mol. The summed E-state index contributed by atoms with van der Waals surface area (Å²) in [5, 5.41) is 13.3.